The average Bonchev–Trinajstić information content (AvgIpc) is 2.41. The lowest BCUT2D eigenvalue weighted by Gasteiger charge is -2.10. The number of halogens is 1. The summed E-state index contributed by atoms with van der Waals surface area (Å²) in [5.41, 5.74) is 5.33. The van der Waals surface area contributed by atoms with Crippen LogP contribution in [-0.4, -0.2) is 26.4 Å². The molecule has 2 aromatic carbocycles. The lowest BCUT2D eigenvalue weighted by molar-refractivity contribution is 0.105. The second kappa shape index (κ2) is 6.73. The van der Waals surface area contributed by atoms with Gasteiger partial charge in [0.05, 0.1) is 17.7 Å². The lowest BCUT2D eigenvalue weighted by atomic mass is 10.1. The van der Waals surface area contributed by atoms with E-state index in [1.165, 1.54) is 5.39 Å². The van der Waals surface area contributed by atoms with Gasteiger partial charge in [-0.2, -0.15) is 0 Å². The molecule has 0 unspecified atom stereocenters. The van der Waals surface area contributed by atoms with Gasteiger partial charge in [-0.25, -0.2) is 0 Å². The molecule has 0 heterocycles. The Hall–Kier alpha value is -1.10. The predicted molar refractivity (Wildman–Crippen MR) is 77.0 cm³/mol. The van der Waals surface area contributed by atoms with E-state index >= 15 is 0 Å². The largest absolute Gasteiger partial charge is 0.490 e. The van der Waals surface area contributed by atoms with Crippen molar-refractivity contribution in [2.24, 2.45) is 5.73 Å². The van der Waals surface area contributed by atoms with Crippen molar-refractivity contribution in [1.82, 2.24) is 0 Å². The molecule has 0 atom stereocenters. The Kier molecular flexibility index (Phi) is 4.99. The molecule has 0 saturated heterocycles. The first-order chi connectivity index (χ1) is 8.83. The third-order valence-corrected chi connectivity index (χ3v) is 3.39. The fourth-order valence-corrected chi connectivity index (χ4v) is 2.33. The smallest absolute Gasteiger partial charge is 0.134 e. The van der Waals surface area contributed by atoms with Gasteiger partial charge in [0.1, 0.15) is 12.4 Å². The summed E-state index contributed by atoms with van der Waals surface area (Å²) < 4.78 is 11.9. The molecular weight excluding hydrogens is 294 g/mol. The van der Waals surface area contributed by atoms with Crippen LogP contribution in [0.1, 0.15) is 0 Å². The van der Waals surface area contributed by atoms with Crippen molar-refractivity contribution >= 4 is 26.7 Å². The van der Waals surface area contributed by atoms with Crippen molar-refractivity contribution in [1.29, 1.82) is 0 Å². The van der Waals surface area contributed by atoms with E-state index in [-0.39, 0.29) is 0 Å². The van der Waals surface area contributed by atoms with Gasteiger partial charge in [-0.1, -0.05) is 30.3 Å². The zero-order valence-electron chi connectivity index (χ0n) is 10.1. The van der Waals surface area contributed by atoms with Crippen LogP contribution < -0.4 is 10.5 Å². The van der Waals surface area contributed by atoms with Gasteiger partial charge < -0.3 is 15.2 Å². The van der Waals surface area contributed by atoms with Crippen molar-refractivity contribution in [2.45, 2.75) is 0 Å². The van der Waals surface area contributed by atoms with E-state index in [9.17, 15) is 0 Å². The Labute approximate surface area is 115 Å². The second-order valence-corrected chi connectivity index (χ2v) is 4.64. The first-order valence-electron chi connectivity index (χ1n) is 5.91. The minimum absolute atomic E-state index is 0.525. The summed E-state index contributed by atoms with van der Waals surface area (Å²) in [7, 11) is 0. The summed E-state index contributed by atoms with van der Waals surface area (Å²) in [5.74, 6) is 0.838. The standard InChI is InChI=1S/C14H16BrNO2/c15-14-12-4-2-1-3-11(12)5-6-13(14)18-10-9-17-8-7-16/h1-6H,7-10,16H2. The van der Waals surface area contributed by atoms with E-state index in [4.69, 9.17) is 15.2 Å². The Bertz CT molecular complexity index is 516. The topological polar surface area (TPSA) is 44.5 Å². The maximum absolute atomic E-state index is 5.68. The molecule has 0 radical (unpaired) electrons. The van der Waals surface area contributed by atoms with Gasteiger partial charge in [0, 0.05) is 6.54 Å². The average molecular weight is 310 g/mol. The van der Waals surface area contributed by atoms with E-state index in [0.717, 1.165) is 15.6 Å². The summed E-state index contributed by atoms with van der Waals surface area (Å²) in [4.78, 5) is 0. The van der Waals surface area contributed by atoms with Gasteiger partial charge in [-0.3, -0.25) is 0 Å². The van der Waals surface area contributed by atoms with Crippen LogP contribution in [0.3, 0.4) is 0 Å². The van der Waals surface area contributed by atoms with E-state index in [0.29, 0.717) is 26.4 Å². The maximum Gasteiger partial charge on any atom is 0.134 e. The highest BCUT2D eigenvalue weighted by Crippen LogP contribution is 2.32. The summed E-state index contributed by atoms with van der Waals surface area (Å²) in [6, 6.07) is 12.2. The highest BCUT2D eigenvalue weighted by molar-refractivity contribution is 9.10. The van der Waals surface area contributed by atoms with Gasteiger partial charge >= 0.3 is 0 Å². The van der Waals surface area contributed by atoms with Crippen LogP contribution in [0.15, 0.2) is 40.9 Å². The molecule has 0 aliphatic carbocycles. The minimum atomic E-state index is 0.525. The Balaban J connectivity index is 2.03. The van der Waals surface area contributed by atoms with Crippen molar-refractivity contribution in [3.8, 4) is 5.75 Å². The Morgan fingerprint density at radius 2 is 1.83 bits per heavy atom. The van der Waals surface area contributed by atoms with Gasteiger partial charge in [-0.15, -0.1) is 0 Å². The third-order valence-electron chi connectivity index (χ3n) is 2.58. The molecule has 0 bridgehead atoms. The molecule has 0 spiro atoms. The number of nitrogens with two attached hydrogens (primary N) is 1. The van der Waals surface area contributed by atoms with Crippen molar-refractivity contribution in [3.05, 3.63) is 40.9 Å². The highest BCUT2D eigenvalue weighted by atomic mass is 79.9. The molecule has 2 rings (SSSR count). The summed E-state index contributed by atoms with van der Waals surface area (Å²) in [5, 5.41) is 2.34. The molecule has 18 heavy (non-hydrogen) atoms. The number of fused-ring (bicyclic) bond motifs is 1. The Morgan fingerprint density at radius 3 is 2.67 bits per heavy atom. The minimum Gasteiger partial charge on any atom is -0.490 e. The molecule has 4 heteroatoms. The zero-order chi connectivity index (χ0) is 12.8. The summed E-state index contributed by atoms with van der Waals surface area (Å²) in [6.07, 6.45) is 0. The molecule has 0 aliphatic rings. The number of hydrogen-bond acceptors (Lipinski definition) is 3. The molecule has 3 nitrogen and oxygen atoms in total. The Morgan fingerprint density at radius 1 is 1.00 bits per heavy atom. The number of ether oxygens (including phenoxy) is 2. The van der Waals surface area contributed by atoms with E-state index in [1.54, 1.807) is 0 Å². The van der Waals surface area contributed by atoms with Crippen molar-refractivity contribution < 1.29 is 9.47 Å². The molecular formula is C14H16BrNO2. The first kappa shape index (κ1) is 13.3. The number of hydrogen-bond donors (Lipinski definition) is 1. The van der Waals surface area contributed by atoms with Crippen LogP contribution >= 0.6 is 15.9 Å². The van der Waals surface area contributed by atoms with Crippen LogP contribution in [0.2, 0.25) is 0 Å². The van der Waals surface area contributed by atoms with Crippen molar-refractivity contribution in [2.75, 3.05) is 26.4 Å². The van der Waals surface area contributed by atoms with Crippen LogP contribution in [0.5, 0.6) is 5.75 Å². The van der Waals surface area contributed by atoms with Crippen LogP contribution in [0.25, 0.3) is 10.8 Å². The van der Waals surface area contributed by atoms with Crippen LogP contribution in [0, 0.1) is 0 Å². The lowest BCUT2D eigenvalue weighted by Crippen LogP contribution is -2.13. The molecule has 96 valence electrons. The fourth-order valence-electron chi connectivity index (χ4n) is 1.72. The molecule has 2 aromatic rings. The number of rotatable bonds is 6. The third kappa shape index (κ3) is 3.22. The zero-order valence-corrected chi connectivity index (χ0v) is 11.7. The monoisotopic (exact) mass is 309 g/mol. The predicted octanol–water partition coefficient (Wildman–Crippen LogP) is 2.96. The maximum atomic E-state index is 5.68. The molecule has 2 N–H and O–H groups in total. The molecule has 0 aliphatic heterocycles. The molecule has 0 aromatic heterocycles. The molecule has 0 amide bonds. The van der Waals surface area contributed by atoms with Crippen LogP contribution in [0.4, 0.5) is 0 Å². The van der Waals surface area contributed by atoms with Gasteiger partial charge in [0.15, 0.2) is 0 Å². The summed E-state index contributed by atoms with van der Waals surface area (Å²) in [6.45, 7) is 2.19. The van der Waals surface area contributed by atoms with Crippen molar-refractivity contribution in [3.63, 3.8) is 0 Å². The fraction of sp³-hybridized carbons (Fsp3) is 0.286. The normalized spacial score (nSPS) is 10.8. The SMILES string of the molecule is NCCOCCOc1ccc2ccccc2c1Br. The second-order valence-electron chi connectivity index (χ2n) is 3.85. The highest BCUT2D eigenvalue weighted by Gasteiger charge is 2.05. The number of benzene rings is 2. The van der Waals surface area contributed by atoms with Gasteiger partial charge in [0.25, 0.3) is 0 Å². The van der Waals surface area contributed by atoms with E-state index < -0.39 is 0 Å². The van der Waals surface area contributed by atoms with Gasteiger partial charge in [-0.05, 0) is 32.8 Å². The summed E-state index contributed by atoms with van der Waals surface area (Å²) >= 11 is 3.58. The van der Waals surface area contributed by atoms with Gasteiger partial charge in [0.2, 0.25) is 0 Å². The van der Waals surface area contributed by atoms with Crippen LogP contribution in [-0.2, 0) is 4.74 Å². The first-order valence-corrected chi connectivity index (χ1v) is 6.70. The molecule has 0 fully saturated rings. The quantitative estimate of drug-likeness (QED) is 0.834. The van der Waals surface area contributed by atoms with E-state index in [2.05, 4.69) is 34.1 Å². The van der Waals surface area contributed by atoms with E-state index in [1.807, 2.05) is 18.2 Å². The molecule has 0 saturated carbocycles.